The average molecular weight is 681 g/mol. The number of hydrogen-bond donors (Lipinski definition) is 3. The fourth-order valence-corrected chi connectivity index (χ4v) is 6.26. The Morgan fingerprint density at radius 2 is 1.18 bits per heavy atom. The number of carbonyl (C=O) groups excluding carboxylic acids is 3. The zero-order valence-corrected chi connectivity index (χ0v) is 29.9. The SMILES string of the molecule is CCCCCCCCCCCC(=O)OC[C@H](CSC[C@H](N)C(=O)NCCCS(=O)(=O)O)OC(=O)CCCCCCCCCCC. The first kappa shape index (κ1) is 43.6. The van der Waals surface area contributed by atoms with E-state index in [1.54, 1.807) is 0 Å². The molecule has 0 aliphatic rings. The second-order valence-corrected chi connectivity index (χ2v) is 14.7. The third-order valence-corrected chi connectivity index (χ3v) is 9.52. The predicted octanol–water partition coefficient (Wildman–Crippen LogP) is 6.74. The highest BCUT2D eigenvalue weighted by Crippen LogP contribution is 2.14. The summed E-state index contributed by atoms with van der Waals surface area (Å²) in [6, 6.07) is -0.853. The van der Waals surface area contributed by atoms with E-state index in [9.17, 15) is 22.8 Å². The summed E-state index contributed by atoms with van der Waals surface area (Å²) in [6.07, 6.45) is 20.9. The molecule has 0 fully saturated rings. The van der Waals surface area contributed by atoms with Crippen LogP contribution in [0.5, 0.6) is 0 Å². The molecule has 1 amide bonds. The van der Waals surface area contributed by atoms with Gasteiger partial charge < -0.3 is 20.5 Å². The molecule has 0 aromatic carbocycles. The van der Waals surface area contributed by atoms with Crippen molar-refractivity contribution >= 4 is 39.7 Å². The number of thioether (sulfide) groups is 1. The molecule has 0 aliphatic heterocycles. The molecule has 12 heteroatoms. The van der Waals surface area contributed by atoms with E-state index >= 15 is 0 Å². The van der Waals surface area contributed by atoms with Crippen LogP contribution < -0.4 is 11.1 Å². The number of nitrogens with one attached hydrogen (secondary N) is 1. The Kier molecular flexibility index (Phi) is 29.1. The van der Waals surface area contributed by atoms with Crippen LogP contribution >= 0.6 is 11.8 Å². The molecule has 45 heavy (non-hydrogen) atoms. The van der Waals surface area contributed by atoms with Crippen LogP contribution in [0.25, 0.3) is 0 Å². The molecular formula is C33H64N2O8S2. The number of carbonyl (C=O) groups is 3. The van der Waals surface area contributed by atoms with E-state index in [-0.39, 0.29) is 37.3 Å². The molecule has 0 heterocycles. The van der Waals surface area contributed by atoms with Crippen LogP contribution in [0.1, 0.15) is 149 Å². The molecule has 0 bridgehead atoms. The summed E-state index contributed by atoms with van der Waals surface area (Å²) < 4.78 is 41.5. The molecule has 0 spiro atoms. The summed E-state index contributed by atoms with van der Waals surface area (Å²) in [5, 5.41) is 2.55. The van der Waals surface area contributed by atoms with E-state index in [4.69, 9.17) is 19.8 Å². The Hall–Kier alpha value is -1.37. The summed E-state index contributed by atoms with van der Waals surface area (Å²) in [5.41, 5.74) is 5.96. The lowest BCUT2D eigenvalue weighted by atomic mass is 10.1. The molecule has 10 nitrogen and oxygen atoms in total. The van der Waals surface area contributed by atoms with Gasteiger partial charge >= 0.3 is 11.9 Å². The number of hydrogen-bond acceptors (Lipinski definition) is 9. The molecule has 2 atom stereocenters. The Morgan fingerprint density at radius 3 is 1.67 bits per heavy atom. The maximum Gasteiger partial charge on any atom is 0.306 e. The van der Waals surface area contributed by atoms with Gasteiger partial charge in [0.1, 0.15) is 12.7 Å². The molecular weight excluding hydrogens is 617 g/mol. The topological polar surface area (TPSA) is 162 Å². The molecule has 0 aromatic rings. The molecule has 0 aliphatic carbocycles. The van der Waals surface area contributed by atoms with Crippen LogP contribution in [0.4, 0.5) is 0 Å². The van der Waals surface area contributed by atoms with Crippen molar-refractivity contribution in [2.24, 2.45) is 5.73 Å². The standard InChI is InChI=1S/C33H64N2O8S2/c1-3-5-7-9-11-13-15-17-19-22-31(36)42-26-29(43-32(37)23-20-18-16-14-12-10-8-6-4-2)27-44-28-30(34)33(38)35-24-21-25-45(39,40)41/h29-30H,3-28,34H2,1-2H3,(H,35,38)(H,39,40,41)/t29-,30+/m1/s1. The number of amides is 1. The largest absolute Gasteiger partial charge is 0.462 e. The summed E-state index contributed by atoms with van der Waals surface area (Å²) in [5.74, 6) is -0.949. The fraction of sp³-hybridized carbons (Fsp3) is 0.909. The number of rotatable bonds is 32. The molecule has 4 N–H and O–H groups in total. The third-order valence-electron chi connectivity index (χ3n) is 7.51. The van der Waals surface area contributed by atoms with Crippen LogP contribution in [0.15, 0.2) is 0 Å². The first-order chi connectivity index (χ1) is 21.6. The number of unbranched alkanes of at least 4 members (excludes halogenated alkanes) is 16. The van der Waals surface area contributed by atoms with E-state index in [1.165, 1.54) is 88.8 Å². The van der Waals surface area contributed by atoms with Gasteiger partial charge in [-0.25, -0.2) is 0 Å². The van der Waals surface area contributed by atoms with Crippen LogP contribution in [0, 0.1) is 0 Å². The van der Waals surface area contributed by atoms with Crippen molar-refractivity contribution in [3.63, 3.8) is 0 Å². The van der Waals surface area contributed by atoms with Gasteiger partial charge in [-0.1, -0.05) is 117 Å². The summed E-state index contributed by atoms with van der Waals surface area (Å²) in [7, 11) is -4.08. The quantitative estimate of drug-likeness (QED) is 0.0394. The normalized spacial score (nSPS) is 12.9. The Morgan fingerprint density at radius 1 is 0.711 bits per heavy atom. The number of ether oxygens (including phenoxy) is 2. The molecule has 266 valence electrons. The molecule has 0 aromatic heterocycles. The Labute approximate surface area is 278 Å². The lowest BCUT2D eigenvalue weighted by Gasteiger charge is -2.19. The van der Waals surface area contributed by atoms with Crippen molar-refractivity contribution in [2.75, 3.05) is 30.4 Å². The highest BCUT2D eigenvalue weighted by molar-refractivity contribution is 7.99. The molecule has 0 rings (SSSR count). The summed E-state index contributed by atoms with van der Waals surface area (Å²) in [6.45, 7) is 4.46. The first-order valence-electron chi connectivity index (χ1n) is 17.5. The minimum absolute atomic E-state index is 0.0379. The van der Waals surface area contributed by atoms with E-state index < -0.39 is 33.9 Å². The van der Waals surface area contributed by atoms with Gasteiger partial charge in [0.15, 0.2) is 0 Å². The van der Waals surface area contributed by atoms with E-state index in [0.29, 0.717) is 18.6 Å². The van der Waals surface area contributed by atoms with E-state index in [0.717, 1.165) is 38.5 Å². The maximum atomic E-state index is 12.6. The van der Waals surface area contributed by atoms with Crippen LogP contribution in [-0.4, -0.2) is 73.4 Å². The van der Waals surface area contributed by atoms with Crippen molar-refractivity contribution in [3.8, 4) is 0 Å². The van der Waals surface area contributed by atoms with E-state index in [1.807, 2.05) is 0 Å². The van der Waals surface area contributed by atoms with E-state index in [2.05, 4.69) is 19.2 Å². The second kappa shape index (κ2) is 30.0. The van der Waals surface area contributed by atoms with Crippen molar-refractivity contribution in [1.82, 2.24) is 5.32 Å². The molecule has 0 radical (unpaired) electrons. The lowest BCUT2D eigenvalue weighted by Crippen LogP contribution is -2.43. The highest BCUT2D eigenvalue weighted by atomic mass is 32.2. The molecule has 0 saturated heterocycles. The van der Waals surface area contributed by atoms with Crippen molar-refractivity contribution in [1.29, 1.82) is 0 Å². The van der Waals surface area contributed by atoms with Gasteiger partial charge in [-0.2, -0.15) is 20.2 Å². The monoisotopic (exact) mass is 680 g/mol. The lowest BCUT2D eigenvalue weighted by molar-refractivity contribution is -0.157. The summed E-state index contributed by atoms with van der Waals surface area (Å²) >= 11 is 1.32. The average Bonchev–Trinajstić information content (AvgIpc) is 2.99. The van der Waals surface area contributed by atoms with Gasteiger partial charge in [0, 0.05) is 30.9 Å². The minimum Gasteiger partial charge on any atom is -0.462 e. The van der Waals surface area contributed by atoms with Gasteiger partial charge in [0.2, 0.25) is 5.91 Å². The molecule has 0 unspecified atom stereocenters. The Bertz CT molecular complexity index is 858. The maximum absolute atomic E-state index is 12.6. The first-order valence-corrected chi connectivity index (χ1v) is 20.3. The third kappa shape index (κ3) is 31.0. The number of esters is 2. The van der Waals surface area contributed by atoms with Crippen LogP contribution in [0.3, 0.4) is 0 Å². The summed E-state index contributed by atoms with van der Waals surface area (Å²) in [4.78, 5) is 37.1. The zero-order chi connectivity index (χ0) is 33.6. The van der Waals surface area contributed by atoms with Crippen molar-refractivity contribution in [3.05, 3.63) is 0 Å². The smallest absolute Gasteiger partial charge is 0.306 e. The predicted molar refractivity (Wildman–Crippen MR) is 184 cm³/mol. The van der Waals surface area contributed by atoms with Gasteiger partial charge in [0.05, 0.1) is 11.8 Å². The van der Waals surface area contributed by atoms with Gasteiger partial charge in [-0.15, -0.1) is 0 Å². The van der Waals surface area contributed by atoms with Crippen molar-refractivity contribution in [2.45, 2.75) is 161 Å². The Balaban J connectivity index is 4.50. The van der Waals surface area contributed by atoms with Crippen LogP contribution in [0.2, 0.25) is 0 Å². The van der Waals surface area contributed by atoms with Crippen molar-refractivity contribution < 1.29 is 36.8 Å². The second-order valence-electron chi connectivity index (χ2n) is 12.0. The highest BCUT2D eigenvalue weighted by Gasteiger charge is 2.20. The fourth-order valence-electron chi connectivity index (χ4n) is 4.78. The molecule has 0 saturated carbocycles. The minimum atomic E-state index is -4.08. The zero-order valence-electron chi connectivity index (χ0n) is 28.2. The van der Waals surface area contributed by atoms with Gasteiger partial charge in [0.25, 0.3) is 10.1 Å². The van der Waals surface area contributed by atoms with Gasteiger partial charge in [-0.05, 0) is 19.3 Å². The van der Waals surface area contributed by atoms with Crippen LogP contribution in [-0.2, 0) is 34.0 Å². The number of nitrogens with two attached hydrogens (primary N) is 1. The van der Waals surface area contributed by atoms with Gasteiger partial charge in [-0.3, -0.25) is 18.9 Å².